The normalized spacial score (nSPS) is 11.5. The molecule has 2 aromatic rings. The highest BCUT2D eigenvalue weighted by Crippen LogP contribution is 2.26. The van der Waals surface area contributed by atoms with E-state index in [-0.39, 0.29) is 0 Å². The van der Waals surface area contributed by atoms with Gasteiger partial charge in [0.25, 0.3) is 0 Å². The van der Waals surface area contributed by atoms with E-state index in [1.807, 2.05) is 0 Å². The molecule has 0 atom stereocenters. The van der Waals surface area contributed by atoms with E-state index in [0.717, 1.165) is 42.1 Å². The lowest BCUT2D eigenvalue weighted by molar-refractivity contribution is 0.273. The number of hydrogen-bond donors (Lipinski definition) is 2. The summed E-state index contributed by atoms with van der Waals surface area (Å²) in [6.45, 7) is 9.32. The summed E-state index contributed by atoms with van der Waals surface area (Å²) in [7, 11) is 2.16. The molecule has 0 aliphatic rings. The van der Waals surface area contributed by atoms with E-state index >= 15 is 0 Å². The number of rotatable bonds is 8. The number of nitrogens with zero attached hydrogens (tertiary/aromatic N) is 3. The third-order valence-electron chi connectivity index (χ3n) is 3.52. The zero-order chi connectivity index (χ0) is 15.2. The van der Waals surface area contributed by atoms with Crippen LogP contribution in [0.1, 0.15) is 27.2 Å². The third kappa shape index (κ3) is 4.28. The topological polar surface area (TPSA) is 53.1 Å². The van der Waals surface area contributed by atoms with Crippen LogP contribution < -0.4 is 10.6 Å². The van der Waals surface area contributed by atoms with Crippen molar-refractivity contribution in [2.75, 3.05) is 37.3 Å². The van der Waals surface area contributed by atoms with Gasteiger partial charge >= 0.3 is 0 Å². The number of nitrogens with one attached hydrogen (secondary N) is 2. The summed E-state index contributed by atoms with van der Waals surface area (Å²) in [6.07, 6.45) is 1.10. The fourth-order valence-corrected chi connectivity index (χ4v) is 2.78. The standard InChI is InChI=1S/C15H25N5S/c1-5-16-15-18-13(12-7-10-21-14(12)19-15)17-8-6-9-20(4)11(2)3/h7,10-11H,5-6,8-9H2,1-4H3,(H2,16,17,18,19). The Balaban J connectivity index is 1.98. The first-order valence-electron chi connectivity index (χ1n) is 7.55. The molecule has 0 saturated heterocycles. The van der Waals surface area contributed by atoms with Gasteiger partial charge in [-0.15, -0.1) is 11.3 Å². The molecule has 0 aliphatic heterocycles. The average Bonchev–Trinajstić information content (AvgIpc) is 2.91. The summed E-state index contributed by atoms with van der Waals surface area (Å²) in [5, 5.41) is 9.82. The fraction of sp³-hybridized carbons (Fsp3) is 0.600. The van der Waals surface area contributed by atoms with Gasteiger partial charge in [-0.25, -0.2) is 4.98 Å². The van der Waals surface area contributed by atoms with E-state index in [2.05, 4.69) is 64.8 Å². The molecule has 5 nitrogen and oxygen atoms in total. The van der Waals surface area contributed by atoms with Crippen molar-refractivity contribution < 1.29 is 0 Å². The third-order valence-corrected chi connectivity index (χ3v) is 4.33. The van der Waals surface area contributed by atoms with E-state index in [9.17, 15) is 0 Å². The van der Waals surface area contributed by atoms with Crippen LogP contribution in [0.5, 0.6) is 0 Å². The van der Waals surface area contributed by atoms with Crippen molar-refractivity contribution in [2.45, 2.75) is 33.2 Å². The average molecular weight is 307 g/mol. The Kier molecular flexibility index (Phi) is 5.76. The summed E-state index contributed by atoms with van der Waals surface area (Å²) >= 11 is 1.65. The Bertz CT molecular complexity index is 566. The molecule has 2 N–H and O–H groups in total. The van der Waals surface area contributed by atoms with E-state index < -0.39 is 0 Å². The number of thiophene rings is 1. The van der Waals surface area contributed by atoms with Gasteiger partial charge in [-0.3, -0.25) is 0 Å². The predicted octanol–water partition coefficient (Wildman–Crippen LogP) is 3.27. The van der Waals surface area contributed by atoms with Crippen LogP contribution in [-0.2, 0) is 0 Å². The molecule has 0 aliphatic carbocycles. The van der Waals surface area contributed by atoms with Crippen LogP contribution >= 0.6 is 11.3 Å². The predicted molar refractivity (Wildman–Crippen MR) is 92.5 cm³/mol. The van der Waals surface area contributed by atoms with Gasteiger partial charge in [-0.1, -0.05) is 0 Å². The van der Waals surface area contributed by atoms with E-state index in [1.165, 1.54) is 0 Å². The lowest BCUT2D eigenvalue weighted by Gasteiger charge is -2.20. The number of aromatic nitrogens is 2. The molecular weight excluding hydrogens is 282 g/mol. The van der Waals surface area contributed by atoms with Crippen LogP contribution in [0.2, 0.25) is 0 Å². The van der Waals surface area contributed by atoms with Crippen LogP contribution in [0.3, 0.4) is 0 Å². The summed E-state index contributed by atoms with van der Waals surface area (Å²) in [5.74, 6) is 1.64. The molecule has 0 saturated carbocycles. The zero-order valence-electron chi connectivity index (χ0n) is 13.3. The minimum absolute atomic E-state index is 0.591. The minimum atomic E-state index is 0.591. The molecule has 6 heteroatoms. The summed E-state index contributed by atoms with van der Waals surface area (Å²) in [4.78, 5) is 12.5. The number of hydrogen-bond acceptors (Lipinski definition) is 6. The monoisotopic (exact) mass is 307 g/mol. The molecule has 0 bridgehead atoms. The second-order valence-corrected chi connectivity index (χ2v) is 6.31. The van der Waals surface area contributed by atoms with Crippen molar-refractivity contribution in [1.29, 1.82) is 0 Å². The largest absolute Gasteiger partial charge is 0.369 e. The fourth-order valence-electron chi connectivity index (χ4n) is 2.02. The van der Waals surface area contributed by atoms with E-state index in [4.69, 9.17) is 0 Å². The van der Waals surface area contributed by atoms with Crippen molar-refractivity contribution in [3.8, 4) is 0 Å². The quantitative estimate of drug-likeness (QED) is 0.733. The van der Waals surface area contributed by atoms with Gasteiger partial charge in [-0.2, -0.15) is 4.98 Å². The Hall–Kier alpha value is -1.40. The number of fused-ring (bicyclic) bond motifs is 1. The maximum atomic E-state index is 4.57. The van der Waals surface area contributed by atoms with Crippen molar-refractivity contribution in [1.82, 2.24) is 14.9 Å². The van der Waals surface area contributed by atoms with Gasteiger partial charge in [0, 0.05) is 19.1 Å². The molecule has 0 unspecified atom stereocenters. The molecule has 0 aromatic carbocycles. The molecule has 2 heterocycles. The molecule has 116 valence electrons. The van der Waals surface area contributed by atoms with Gasteiger partial charge < -0.3 is 15.5 Å². The highest BCUT2D eigenvalue weighted by atomic mass is 32.1. The Morgan fingerprint density at radius 2 is 2.10 bits per heavy atom. The van der Waals surface area contributed by atoms with Crippen molar-refractivity contribution in [3.05, 3.63) is 11.4 Å². The van der Waals surface area contributed by atoms with E-state index in [0.29, 0.717) is 12.0 Å². The van der Waals surface area contributed by atoms with Gasteiger partial charge in [0.2, 0.25) is 5.95 Å². The maximum Gasteiger partial charge on any atom is 0.226 e. The Morgan fingerprint density at radius 1 is 1.29 bits per heavy atom. The Morgan fingerprint density at radius 3 is 2.81 bits per heavy atom. The van der Waals surface area contributed by atoms with Gasteiger partial charge in [0.15, 0.2) is 0 Å². The SMILES string of the molecule is CCNc1nc(NCCCN(C)C(C)C)c2ccsc2n1. The molecule has 0 spiro atoms. The van der Waals surface area contributed by atoms with Crippen LogP contribution in [0, 0.1) is 0 Å². The highest BCUT2D eigenvalue weighted by molar-refractivity contribution is 7.16. The first-order chi connectivity index (χ1) is 10.1. The smallest absolute Gasteiger partial charge is 0.226 e. The summed E-state index contributed by atoms with van der Waals surface area (Å²) < 4.78 is 0. The van der Waals surface area contributed by atoms with Gasteiger partial charge in [0.1, 0.15) is 10.6 Å². The van der Waals surface area contributed by atoms with Crippen molar-refractivity contribution in [2.24, 2.45) is 0 Å². The second kappa shape index (κ2) is 7.56. The molecule has 2 aromatic heterocycles. The molecule has 0 fully saturated rings. The van der Waals surface area contributed by atoms with Crippen molar-refractivity contribution >= 4 is 33.3 Å². The summed E-state index contributed by atoms with van der Waals surface area (Å²) in [5.41, 5.74) is 0. The van der Waals surface area contributed by atoms with Crippen LogP contribution in [0.4, 0.5) is 11.8 Å². The van der Waals surface area contributed by atoms with Crippen LogP contribution in [-0.4, -0.2) is 47.6 Å². The molecule has 0 radical (unpaired) electrons. The Labute approximate surface area is 130 Å². The lowest BCUT2D eigenvalue weighted by atomic mass is 10.3. The highest BCUT2D eigenvalue weighted by Gasteiger charge is 2.08. The first-order valence-corrected chi connectivity index (χ1v) is 8.43. The van der Waals surface area contributed by atoms with Crippen LogP contribution in [0.15, 0.2) is 11.4 Å². The van der Waals surface area contributed by atoms with Gasteiger partial charge in [0.05, 0.1) is 5.39 Å². The van der Waals surface area contributed by atoms with Crippen LogP contribution in [0.25, 0.3) is 10.2 Å². The summed E-state index contributed by atoms with van der Waals surface area (Å²) in [6, 6.07) is 2.67. The second-order valence-electron chi connectivity index (χ2n) is 5.42. The molecule has 2 rings (SSSR count). The number of anilines is 2. The zero-order valence-corrected chi connectivity index (χ0v) is 14.1. The van der Waals surface area contributed by atoms with Gasteiger partial charge in [-0.05, 0) is 52.2 Å². The molecule has 21 heavy (non-hydrogen) atoms. The first kappa shape index (κ1) is 16.0. The van der Waals surface area contributed by atoms with Crippen molar-refractivity contribution in [3.63, 3.8) is 0 Å². The maximum absolute atomic E-state index is 4.57. The van der Waals surface area contributed by atoms with E-state index in [1.54, 1.807) is 11.3 Å². The minimum Gasteiger partial charge on any atom is -0.369 e. The lowest BCUT2D eigenvalue weighted by Crippen LogP contribution is -2.28. The molecular formula is C15H25N5S. The molecule has 0 amide bonds.